The minimum atomic E-state index is 0.0462. The van der Waals surface area contributed by atoms with E-state index in [9.17, 15) is 4.79 Å². The first-order chi connectivity index (χ1) is 6.34. The summed E-state index contributed by atoms with van der Waals surface area (Å²) in [5.41, 5.74) is 0. The van der Waals surface area contributed by atoms with Gasteiger partial charge in [0.05, 0.1) is 12.9 Å². The maximum absolute atomic E-state index is 11.2. The molecule has 1 aliphatic heterocycles. The summed E-state index contributed by atoms with van der Waals surface area (Å²) in [7, 11) is 0. The van der Waals surface area contributed by atoms with Crippen molar-refractivity contribution in [3.63, 3.8) is 0 Å². The second-order valence-electron chi connectivity index (χ2n) is 2.96. The molecule has 1 rings (SSSR count). The molecule has 1 fully saturated rings. The normalized spacial score (nSPS) is 16.6. The van der Waals surface area contributed by atoms with Crippen LogP contribution in [0.1, 0.15) is 12.8 Å². The van der Waals surface area contributed by atoms with E-state index in [-0.39, 0.29) is 6.03 Å². The van der Waals surface area contributed by atoms with Gasteiger partial charge in [-0.05, 0) is 12.8 Å². The summed E-state index contributed by atoms with van der Waals surface area (Å²) < 4.78 is 4.97. The van der Waals surface area contributed by atoms with E-state index < -0.39 is 0 Å². The lowest BCUT2D eigenvalue weighted by molar-refractivity contribution is 0.174. The van der Waals surface area contributed by atoms with E-state index in [0.717, 1.165) is 32.5 Å². The molecule has 0 bridgehead atoms. The average molecular weight is 184 g/mol. The van der Waals surface area contributed by atoms with Crippen molar-refractivity contribution in [2.75, 3.05) is 26.2 Å². The lowest BCUT2D eigenvalue weighted by Gasteiger charge is -2.27. The van der Waals surface area contributed by atoms with Crippen molar-refractivity contribution in [3.8, 4) is 0 Å². The van der Waals surface area contributed by atoms with Crippen LogP contribution in [0.4, 0.5) is 4.79 Å². The van der Waals surface area contributed by atoms with Crippen LogP contribution in [0.3, 0.4) is 0 Å². The van der Waals surface area contributed by atoms with E-state index in [4.69, 9.17) is 4.74 Å². The summed E-state index contributed by atoms with van der Waals surface area (Å²) >= 11 is 0. The van der Waals surface area contributed by atoms with E-state index >= 15 is 0 Å². The van der Waals surface area contributed by atoms with Crippen LogP contribution in [-0.2, 0) is 4.74 Å². The maximum Gasteiger partial charge on any atom is 0.317 e. The molecule has 4 heteroatoms. The van der Waals surface area contributed by atoms with Gasteiger partial charge in [-0.25, -0.2) is 4.79 Å². The van der Waals surface area contributed by atoms with Crippen LogP contribution in [0, 0.1) is 0 Å². The van der Waals surface area contributed by atoms with Crippen molar-refractivity contribution in [2.24, 2.45) is 0 Å². The Hall–Kier alpha value is -1.19. The van der Waals surface area contributed by atoms with Crippen LogP contribution >= 0.6 is 0 Å². The minimum Gasteiger partial charge on any atom is -0.502 e. The quantitative estimate of drug-likeness (QED) is 0.510. The number of carbonyl (C=O) groups excluding carboxylic acids is 1. The summed E-state index contributed by atoms with van der Waals surface area (Å²) in [5.74, 6) is 0. The van der Waals surface area contributed by atoms with Gasteiger partial charge < -0.3 is 15.0 Å². The first-order valence-corrected chi connectivity index (χ1v) is 4.60. The highest BCUT2D eigenvalue weighted by atomic mass is 16.5. The Labute approximate surface area is 78.5 Å². The largest absolute Gasteiger partial charge is 0.502 e. The van der Waals surface area contributed by atoms with Gasteiger partial charge in [0.15, 0.2) is 0 Å². The summed E-state index contributed by atoms with van der Waals surface area (Å²) in [5, 5.41) is 2.80. The summed E-state index contributed by atoms with van der Waals surface area (Å²) in [6.07, 6.45) is 3.32. The van der Waals surface area contributed by atoms with E-state index in [1.54, 1.807) is 0 Å². The third-order valence-electron chi connectivity index (χ3n) is 1.98. The highest BCUT2D eigenvalue weighted by Crippen LogP contribution is 2.00. The van der Waals surface area contributed by atoms with Crippen molar-refractivity contribution in [1.82, 2.24) is 10.2 Å². The van der Waals surface area contributed by atoms with Crippen LogP contribution in [0.25, 0.3) is 0 Å². The predicted molar refractivity (Wildman–Crippen MR) is 50.4 cm³/mol. The maximum atomic E-state index is 11.2. The molecule has 1 aliphatic rings. The van der Waals surface area contributed by atoms with Gasteiger partial charge in [0.25, 0.3) is 0 Å². The smallest absolute Gasteiger partial charge is 0.317 e. The molecule has 74 valence electrons. The molecule has 1 N–H and O–H groups in total. The standard InChI is InChI=1S/C9H16N2O2/c1-2-13-8-4-7-11-6-3-5-10-9(11)12/h2H,1,3-8H2,(H,10,12). The number of carbonyl (C=O) groups is 1. The second kappa shape index (κ2) is 5.45. The van der Waals surface area contributed by atoms with E-state index in [1.807, 2.05) is 4.90 Å². The molecule has 0 radical (unpaired) electrons. The van der Waals surface area contributed by atoms with E-state index in [2.05, 4.69) is 11.9 Å². The fourth-order valence-electron chi connectivity index (χ4n) is 1.31. The molecule has 0 unspecified atom stereocenters. The third kappa shape index (κ3) is 3.36. The first kappa shape index (κ1) is 9.89. The molecule has 0 aromatic carbocycles. The first-order valence-electron chi connectivity index (χ1n) is 4.60. The molecule has 1 heterocycles. The van der Waals surface area contributed by atoms with Crippen LogP contribution in [0.15, 0.2) is 12.8 Å². The zero-order valence-corrected chi connectivity index (χ0v) is 7.79. The second-order valence-corrected chi connectivity index (χ2v) is 2.96. The zero-order chi connectivity index (χ0) is 9.52. The molecule has 0 aromatic rings. The van der Waals surface area contributed by atoms with Gasteiger partial charge in [0.1, 0.15) is 0 Å². The molecular weight excluding hydrogens is 168 g/mol. The summed E-state index contributed by atoms with van der Waals surface area (Å²) in [6, 6.07) is 0.0462. The molecule has 0 aliphatic carbocycles. The van der Waals surface area contributed by atoms with Gasteiger partial charge >= 0.3 is 6.03 Å². The van der Waals surface area contributed by atoms with Gasteiger partial charge in [0.2, 0.25) is 0 Å². The summed E-state index contributed by atoms with van der Waals surface area (Å²) in [4.78, 5) is 13.0. The molecule has 4 nitrogen and oxygen atoms in total. The summed E-state index contributed by atoms with van der Waals surface area (Å²) in [6.45, 7) is 6.51. The Morgan fingerprint density at radius 2 is 2.54 bits per heavy atom. The number of rotatable bonds is 5. The molecule has 13 heavy (non-hydrogen) atoms. The van der Waals surface area contributed by atoms with E-state index in [1.165, 1.54) is 6.26 Å². The van der Waals surface area contributed by atoms with Gasteiger partial charge in [0, 0.05) is 19.6 Å². The van der Waals surface area contributed by atoms with Crippen LogP contribution < -0.4 is 5.32 Å². The van der Waals surface area contributed by atoms with Crippen molar-refractivity contribution in [3.05, 3.63) is 12.8 Å². The van der Waals surface area contributed by atoms with Gasteiger partial charge in [-0.1, -0.05) is 6.58 Å². The van der Waals surface area contributed by atoms with E-state index in [0.29, 0.717) is 6.61 Å². The number of amides is 2. The van der Waals surface area contributed by atoms with Crippen LogP contribution in [0.5, 0.6) is 0 Å². The zero-order valence-electron chi connectivity index (χ0n) is 7.79. The number of nitrogens with one attached hydrogen (secondary N) is 1. The van der Waals surface area contributed by atoms with Crippen molar-refractivity contribution < 1.29 is 9.53 Å². The third-order valence-corrected chi connectivity index (χ3v) is 1.98. The molecule has 1 saturated heterocycles. The van der Waals surface area contributed by atoms with Crippen molar-refractivity contribution in [1.29, 1.82) is 0 Å². The molecular formula is C9H16N2O2. The number of urea groups is 1. The SMILES string of the molecule is C=COCCCN1CCCNC1=O. The highest BCUT2D eigenvalue weighted by Gasteiger charge is 2.15. The number of hydrogen-bond acceptors (Lipinski definition) is 2. The van der Waals surface area contributed by atoms with Crippen LogP contribution in [0.2, 0.25) is 0 Å². The monoisotopic (exact) mass is 184 g/mol. The Bertz CT molecular complexity index is 182. The Morgan fingerprint density at radius 3 is 3.23 bits per heavy atom. The minimum absolute atomic E-state index is 0.0462. The number of hydrogen-bond donors (Lipinski definition) is 1. The highest BCUT2D eigenvalue weighted by molar-refractivity contribution is 5.74. The van der Waals surface area contributed by atoms with Gasteiger partial charge in [-0.15, -0.1) is 0 Å². The lowest BCUT2D eigenvalue weighted by Crippen LogP contribution is -2.46. The lowest BCUT2D eigenvalue weighted by atomic mass is 10.3. The molecule has 0 aromatic heterocycles. The molecule has 0 atom stereocenters. The fourth-order valence-corrected chi connectivity index (χ4v) is 1.31. The van der Waals surface area contributed by atoms with Crippen LogP contribution in [-0.4, -0.2) is 37.2 Å². The molecule has 0 saturated carbocycles. The average Bonchev–Trinajstić information content (AvgIpc) is 2.15. The number of ether oxygens (including phenoxy) is 1. The van der Waals surface area contributed by atoms with Crippen molar-refractivity contribution in [2.45, 2.75) is 12.8 Å². The predicted octanol–water partition coefficient (Wildman–Crippen LogP) is 0.952. The van der Waals surface area contributed by atoms with Crippen molar-refractivity contribution >= 4 is 6.03 Å². The fraction of sp³-hybridized carbons (Fsp3) is 0.667. The Morgan fingerprint density at radius 1 is 1.69 bits per heavy atom. The topological polar surface area (TPSA) is 41.6 Å². The van der Waals surface area contributed by atoms with Gasteiger partial charge in [-0.2, -0.15) is 0 Å². The Kier molecular flexibility index (Phi) is 4.15. The molecule has 2 amide bonds. The Balaban J connectivity index is 2.11. The van der Waals surface area contributed by atoms with Gasteiger partial charge in [-0.3, -0.25) is 0 Å². The molecule has 0 spiro atoms. The number of nitrogens with zero attached hydrogens (tertiary/aromatic N) is 1.